The van der Waals surface area contributed by atoms with Gasteiger partial charge in [0.15, 0.2) is 0 Å². The fraction of sp³-hybridized carbons (Fsp3) is 0.600. The molecule has 0 radical (unpaired) electrons. The van der Waals surface area contributed by atoms with Crippen LogP contribution in [-0.4, -0.2) is 46.0 Å². The van der Waals surface area contributed by atoms with Crippen LogP contribution in [-0.2, 0) is 0 Å². The van der Waals surface area contributed by atoms with Crippen molar-refractivity contribution in [3.63, 3.8) is 0 Å². The van der Waals surface area contributed by atoms with Crippen molar-refractivity contribution in [2.45, 2.75) is 13.8 Å². The van der Waals surface area contributed by atoms with Crippen LogP contribution in [0, 0.1) is 10.1 Å². The van der Waals surface area contributed by atoms with Gasteiger partial charge in [0.2, 0.25) is 11.8 Å². The SMILES string of the molecule is CCN(CC)CCNc1nc(NN)ncc1[N+](=O)[O-]. The Bertz CT molecular complexity index is 422. The Balaban J connectivity index is 2.72. The minimum absolute atomic E-state index is 0.135. The lowest BCUT2D eigenvalue weighted by Crippen LogP contribution is -2.29. The van der Waals surface area contributed by atoms with E-state index in [9.17, 15) is 10.1 Å². The summed E-state index contributed by atoms with van der Waals surface area (Å²) in [4.78, 5) is 20.2. The van der Waals surface area contributed by atoms with Gasteiger partial charge in [-0.25, -0.2) is 10.8 Å². The molecule has 106 valence electrons. The van der Waals surface area contributed by atoms with Gasteiger partial charge in [-0.3, -0.25) is 15.5 Å². The summed E-state index contributed by atoms with van der Waals surface area (Å²) in [5, 5.41) is 13.8. The molecule has 9 nitrogen and oxygen atoms in total. The Morgan fingerprint density at radius 3 is 2.68 bits per heavy atom. The molecule has 0 atom stereocenters. The lowest BCUT2D eigenvalue weighted by Gasteiger charge is -2.18. The predicted molar refractivity (Wildman–Crippen MR) is 72.8 cm³/mol. The predicted octanol–water partition coefficient (Wildman–Crippen LogP) is 0.424. The lowest BCUT2D eigenvalue weighted by atomic mass is 10.4. The molecule has 0 amide bonds. The third-order valence-electron chi connectivity index (χ3n) is 2.71. The van der Waals surface area contributed by atoms with Crippen molar-refractivity contribution >= 4 is 17.5 Å². The van der Waals surface area contributed by atoms with Gasteiger partial charge < -0.3 is 10.2 Å². The molecule has 0 aliphatic carbocycles. The molecule has 0 bridgehead atoms. The van der Waals surface area contributed by atoms with Crippen LogP contribution in [0.3, 0.4) is 0 Å². The number of hydrogen-bond acceptors (Lipinski definition) is 8. The van der Waals surface area contributed by atoms with Crippen molar-refractivity contribution in [2.75, 3.05) is 36.9 Å². The minimum atomic E-state index is -0.528. The largest absolute Gasteiger partial charge is 0.363 e. The average molecular weight is 269 g/mol. The summed E-state index contributed by atoms with van der Waals surface area (Å²) in [6.45, 7) is 7.32. The highest BCUT2D eigenvalue weighted by Crippen LogP contribution is 2.21. The van der Waals surface area contributed by atoms with E-state index in [4.69, 9.17) is 5.84 Å². The molecule has 19 heavy (non-hydrogen) atoms. The van der Waals surface area contributed by atoms with E-state index in [0.29, 0.717) is 6.54 Å². The fourth-order valence-corrected chi connectivity index (χ4v) is 1.58. The third-order valence-corrected chi connectivity index (χ3v) is 2.71. The van der Waals surface area contributed by atoms with Gasteiger partial charge in [0.05, 0.1) is 4.92 Å². The quantitative estimate of drug-likeness (QED) is 0.352. The maximum atomic E-state index is 10.9. The maximum absolute atomic E-state index is 10.9. The van der Waals surface area contributed by atoms with Gasteiger partial charge in [-0.15, -0.1) is 0 Å². The highest BCUT2D eigenvalue weighted by molar-refractivity contribution is 5.56. The first-order valence-corrected chi connectivity index (χ1v) is 6.06. The fourth-order valence-electron chi connectivity index (χ4n) is 1.58. The van der Waals surface area contributed by atoms with Crippen LogP contribution in [0.4, 0.5) is 17.5 Å². The van der Waals surface area contributed by atoms with Crippen LogP contribution in [0.5, 0.6) is 0 Å². The Morgan fingerprint density at radius 2 is 2.16 bits per heavy atom. The first-order chi connectivity index (χ1) is 9.12. The number of hydrazine groups is 1. The van der Waals surface area contributed by atoms with Crippen LogP contribution in [0.2, 0.25) is 0 Å². The van der Waals surface area contributed by atoms with Gasteiger partial charge in [-0.2, -0.15) is 4.98 Å². The second-order valence-corrected chi connectivity index (χ2v) is 3.78. The molecule has 0 fully saturated rings. The first kappa shape index (κ1) is 15.1. The molecule has 0 unspecified atom stereocenters. The average Bonchev–Trinajstić information content (AvgIpc) is 2.43. The number of nitro groups is 1. The normalized spacial score (nSPS) is 10.5. The van der Waals surface area contributed by atoms with Crippen molar-refractivity contribution in [1.29, 1.82) is 0 Å². The summed E-state index contributed by atoms with van der Waals surface area (Å²) in [6, 6.07) is 0. The molecular formula is C10H19N7O2. The zero-order valence-electron chi connectivity index (χ0n) is 11.1. The third kappa shape index (κ3) is 4.30. The summed E-state index contributed by atoms with van der Waals surface area (Å²) in [5.74, 6) is 5.49. The molecule has 0 aliphatic heterocycles. The molecule has 1 aromatic rings. The highest BCUT2D eigenvalue weighted by atomic mass is 16.6. The van der Waals surface area contributed by atoms with E-state index in [2.05, 4.69) is 39.5 Å². The van der Waals surface area contributed by atoms with Gasteiger partial charge in [0, 0.05) is 13.1 Å². The second-order valence-electron chi connectivity index (χ2n) is 3.78. The number of nitrogens with two attached hydrogens (primary N) is 1. The molecule has 0 saturated carbocycles. The van der Waals surface area contributed by atoms with E-state index >= 15 is 0 Å². The Labute approximate surface area is 111 Å². The first-order valence-electron chi connectivity index (χ1n) is 6.06. The van der Waals surface area contributed by atoms with Crippen LogP contribution in [0.1, 0.15) is 13.8 Å². The monoisotopic (exact) mass is 269 g/mol. The Morgan fingerprint density at radius 1 is 1.47 bits per heavy atom. The summed E-state index contributed by atoms with van der Waals surface area (Å²) < 4.78 is 0. The van der Waals surface area contributed by atoms with E-state index in [1.54, 1.807) is 0 Å². The number of aromatic nitrogens is 2. The minimum Gasteiger partial charge on any atom is -0.363 e. The molecule has 0 aliphatic rings. The molecule has 9 heteroatoms. The van der Waals surface area contributed by atoms with Gasteiger partial charge in [-0.1, -0.05) is 13.8 Å². The summed E-state index contributed by atoms with van der Waals surface area (Å²) >= 11 is 0. The molecule has 4 N–H and O–H groups in total. The second kappa shape index (κ2) is 7.44. The summed E-state index contributed by atoms with van der Waals surface area (Å²) in [5.41, 5.74) is 2.09. The number of nitrogen functional groups attached to an aromatic ring is 1. The smallest absolute Gasteiger partial charge is 0.329 e. The molecule has 1 heterocycles. The van der Waals surface area contributed by atoms with Gasteiger partial charge in [0.1, 0.15) is 6.20 Å². The van der Waals surface area contributed by atoms with Crippen molar-refractivity contribution in [3.05, 3.63) is 16.3 Å². The zero-order valence-corrected chi connectivity index (χ0v) is 11.1. The van der Waals surface area contributed by atoms with E-state index in [0.717, 1.165) is 25.8 Å². The standard InChI is InChI=1S/C10H19N7O2/c1-3-16(4-2)6-5-12-9-8(17(18)19)7-13-10(14-9)15-11/h7H,3-6,11H2,1-2H3,(H2,12,13,14,15). The number of rotatable bonds is 8. The molecule has 0 saturated heterocycles. The topological polar surface area (TPSA) is 122 Å². The summed E-state index contributed by atoms with van der Waals surface area (Å²) in [7, 11) is 0. The van der Waals surface area contributed by atoms with Crippen molar-refractivity contribution in [2.24, 2.45) is 5.84 Å². The van der Waals surface area contributed by atoms with Gasteiger partial charge >= 0.3 is 5.69 Å². The van der Waals surface area contributed by atoms with Gasteiger partial charge in [-0.05, 0) is 13.1 Å². The summed E-state index contributed by atoms with van der Waals surface area (Å²) in [6.07, 6.45) is 1.13. The number of anilines is 2. The van der Waals surface area contributed by atoms with Crippen molar-refractivity contribution in [3.8, 4) is 0 Å². The number of hydrogen-bond donors (Lipinski definition) is 3. The number of nitrogens with zero attached hydrogens (tertiary/aromatic N) is 4. The van der Waals surface area contributed by atoms with E-state index in [1.807, 2.05) is 0 Å². The van der Waals surface area contributed by atoms with Crippen LogP contribution < -0.4 is 16.6 Å². The zero-order chi connectivity index (χ0) is 14.3. The van der Waals surface area contributed by atoms with Crippen molar-refractivity contribution < 1.29 is 4.92 Å². The molecule has 0 spiro atoms. The van der Waals surface area contributed by atoms with E-state index in [-0.39, 0.29) is 17.5 Å². The molecule has 1 aromatic heterocycles. The lowest BCUT2D eigenvalue weighted by molar-refractivity contribution is -0.384. The highest BCUT2D eigenvalue weighted by Gasteiger charge is 2.16. The number of likely N-dealkylation sites (N-methyl/N-ethyl adjacent to an activating group) is 1. The van der Waals surface area contributed by atoms with Crippen LogP contribution in [0.15, 0.2) is 6.20 Å². The Hall–Kier alpha value is -2.00. The van der Waals surface area contributed by atoms with Crippen LogP contribution >= 0.6 is 0 Å². The maximum Gasteiger partial charge on any atom is 0.329 e. The van der Waals surface area contributed by atoms with Gasteiger partial charge in [0.25, 0.3) is 0 Å². The van der Waals surface area contributed by atoms with E-state index < -0.39 is 4.92 Å². The van der Waals surface area contributed by atoms with Crippen molar-refractivity contribution in [1.82, 2.24) is 14.9 Å². The Kier molecular flexibility index (Phi) is 5.90. The molecule has 0 aromatic carbocycles. The van der Waals surface area contributed by atoms with Crippen LogP contribution in [0.25, 0.3) is 0 Å². The molecular weight excluding hydrogens is 250 g/mol. The molecule has 1 rings (SSSR count). The number of nitrogens with one attached hydrogen (secondary N) is 2. The van der Waals surface area contributed by atoms with E-state index in [1.165, 1.54) is 0 Å².